The lowest BCUT2D eigenvalue weighted by atomic mass is 9.94. The number of aromatic nitrogens is 8. The van der Waals surface area contributed by atoms with Gasteiger partial charge in [0, 0.05) is 102 Å². The second kappa shape index (κ2) is 26.2. The largest absolute Gasteiger partial charge is 0.456 e. The summed E-state index contributed by atoms with van der Waals surface area (Å²) in [6, 6.07) is 122. The summed E-state index contributed by atoms with van der Waals surface area (Å²) in [5.74, 6) is 3.65. The van der Waals surface area contributed by atoms with Crippen LogP contribution >= 0.6 is 11.3 Å². The molecule has 0 radical (unpaired) electrons. The first-order valence-corrected chi connectivity index (χ1v) is 36.6. The highest BCUT2D eigenvalue weighted by Crippen LogP contribution is 2.50. The van der Waals surface area contributed by atoms with Gasteiger partial charge in [0.05, 0.1) is 27.6 Å². The fraction of sp³-hybridized carbons (Fsp3) is 0.0103. The number of hydrogen-bond donors (Lipinski definition) is 0. The van der Waals surface area contributed by atoms with E-state index in [9.17, 15) is 0 Å². The lowest BCUT2D eigenvalue weighted by Gasteiger charge is -2.12. The number of rotatable bonds is 10. The number of para-hydroxylation sites is 6. The van der Waals surface area contributed by atoms with Gasteiger partial charge in [-0.15, -0.1) is 11.3 Å². The highest BCUT2D eigenvalue weighted by atomic mass is 32.1. The molecule has 108 heavy (non-hydrogen) atoms. The molecule has 10 nitrogen and oxygen atoms in total. The minimum absolute atomic E-state index is 0. The molecule has 0 saturated heterocycles. The van der Waals surface area contributed by atoms with Gasteiger partial charge in [0.15, 0.2) is 34.9 Å². The van der Waals surface area contributed by atoms with Gasteiger partial charge in [-0.05, 0) is 107 Å². The van der Waals surface area contributed by atoms with Crippen LogP contribution in [0.4, 0.5) is 0 Å². The Hall–Kier alpha value is -14.3. The van der Waals surface area contributed by atoms with Crippen molar-refractivity contribution >= 4 is 119 Å². The van der Waals surface area contributed by atoms with Gasteiger partial charge < -0.3 is 18.0 Å². The number of thiophene rings is 1. The molecule has 0 N–H and O–H groups in total. The molecular formula is C97H62N8O2S. The quantitative estimate of drug-likeness (QED) is 0.133. The fourth-order valence-electron chi connectivity index (χ4n) is 15.9. The maximum absolute atomic E-state index is 6.86. The lowest BCUT2D eigenvalue weighted by Crippen LogP contribution is -2.00. The van der Waals surface area contributed by atoms with E-state index in [2.05, 4.69) is 258 Å². The standard InChI is InChI=1S/C51H30N4O2.C45H28N4S.CH4/c1-3-15-31(16-4-1)49-52-50(38-24-14-29-43-47(38)36-20-8-10-28-42(36)56-43)54-51(53-49)39-25-11-23-37-46-34(22-13-30-44(46)57-48(37)39)33-21-12-27-41-45(33)35-19-7-9-26-40(35)55(41)32-17-5-2-6-18-32;1-4-15-29(16-5-1)43-46-44(30-17-6-2-7-18-30)48-45(47-43)36-28-27-33(41-35-22-11-13-26-39(35)50-42(36)41)32-23-14-25-38-40(32)34-21-10-12-24-37(34)49(38)31-19-8-3-9-20-31;/h1-30H;1-28H;1H4. The summed E-state index contributed by atoms with van der Waals surface area (Å²) in [4.78, 5) is 30.7. The summed E-state index contributed by atoms with van der Waals surface area (Å²) in [5, 5.41) is 11.3. The van der Waals surface area contributed by atoms with E-state index in [0.29, 0.717) is 34.9 Å². The van der Waals surface area contributed by atoms with Crippen LogP contribution in [0.5, 0.6) is 0 Å². The topological polar surface area (TPSA) is 113 Å². The summed E-state index contributed by atoms with van der Waals surface area (Å²) in [5.41, 5.74) is 20.2. The Labute approximate surface area is 624 Å². The molecule has 7 heterocycles. The fourth-order valence-corrected chi connectivity index (χ4v) is 17.1. The van der Waals surface area contributed by atoms with Crippen molar-refractivity contribution in [2.75, 3.05) is 0 Å². The van der Waals surface area contributed by atoms with E-state index in [1.54, 1.807) is 11.3 Å². The zero-order valence-electron chi connectivity index (χ0n) is 57.3. The highest BCUT2D eigenvalue weighted by Gasteiger charge is 2.26. The van der Waals surface area contributed by atoms with E-state index >= 15 is 0 Å². The number of benzene rings is 15. The van der Waals surface area contributed by atoms with Crippen molar-refractivity contribution in [3.63, 3.8) is 0 Å². The molecule has 508 valence electrons. The third-order valence-electron chi connectivity index (χ3n) is 20.5. The molecule has 22 rings (SSSR count). The van der Waals surface area contributed by atoms with Crippen molar-refractivity contribution in [1.29, 1.82) is 0 Å². The Morgan fingerprint density at radius 2 is 0.574 bits per heavy atom. The molecule has 15 aromatic carbocycles. The van der Waals surface area contributed by atoms with E-state index in [0.717, 1.165) is 115 Å². The third-order valence-corrected chi connectivity index (χ3v) is 21.7. The predicted octanol–water partition coefficient (Wildman–Crippen LogP) is 26.1. The Balaban J connectivity index is 0.000000142. The Bertz CT molecular complexity index is 7190. The van der Waals surface area contributed by atoms with Crippen molar-refractivity contribution in [2.45, 2.75) is 7.43 Å². The van der Waals surface area contributed by atoms with Crippen molar-refractivity contribution < 1.29 is 8.83 Å². The summed E-state index contributed by atoms with van der Waals surface area (Å²) in [7, 11) is 0. The molecule has 7 aromatic heterocycles. The van der Waals surface area contributed by atoms with Gasteiger partial charge in [-0.25, -0.2) is 29.9 Å². The monoisotopic (exact) mass is 1400 g/mol. The highest BCUT2D eigenvalue weighted by molar-refractivity contribution is 7.26. The molecule has 0 saturated carbocycles. The number of furan rings is 2. The molecule has 11 heteroatoms. The van der Waals surface area contributed by atoms with Crippen LogP contribution < -0.4 is 0 Å². The van der Waals surface area contributed by atoms with E-state index in [1.807, 2.05) is 103 Å². The molecule has 0 unspecified atom stereocenters. The molecule has 0 aliphatic carbocycles. The number of fused-ring (bicyclic) bond motifs is 15. The van der Waals surface area contributed by atoms with Crippen molar-refractivity contribution in [2.24, 2.45) is 0 Å². The molecular weight excluding hydrogens is 1340 g/mol. The zero-order chi connectivity index (χ0) is 70.5. The van der Waals surface area contributed by atoms with Gasteiger partial charge >= 0.3 is 0 Å². The van der Waals surface area contributed by atoms with Crippen molar-refractivity contribution in [1.82, 2.24) is 39.0 Å². The first-order valence-electron chi connectivity index (χ1n) is 35.7. The molecule has 0 atom stereocenters. The zero-order valence-corrected chi connectivity index (χ0v) is 58.1. The van der Waals surface area contributed by atoms with Gasteiger partial charge in [0.25, 0.3) is 0 Å². The SMILES string of the molecule is C.c1ccc(-c2nc(-c3cccc4c3oc3cccc(-c5cccc6c5c5ccccc5n6-c5ccccc5)c34)nc(-c3cccc4oc5ccccc5c34)n2)cc1.c1ccc(-c2nc(-c3ccccc3)nc(-c3ccc(-c4cccc5c4c4ccccc4n5-c4ccccc4)c4c3sc3ccccc34)n2)cc1. The van der Waals surface area contributed by atoms with Gasteiger partial charge in [-0.2, -0.15) is 0 Å². The Kier molecular flexibility index (Phi) is 15.4. The van der Waals surface area contributed by atoms with Crippen LogP contribution in [0.25, 0.3) is 210 Å². The van der Waals surface area contributed by atoms with Gasteiger partial charge in [0.2, 0.25) is 0 Å². The maximum Gasteiger partial charge on any atom is 0.167 e. The molecule has 0 fully saturated rings. The molecule has 22 aromatic rings. The van der Waals surface area contributed by atoms with Crippen LogP contribution in [0, 0.1) is 0 Å². The second-order valence-electron chi connectivity index (χ2n) is 26.7. The first kappa shape index (κ1) is 63.4. The average molecular weight is 1400 g/mol. The lowest BCUT2D eigenvalue weighted by molar-refractivity contribution is 0.668. The third kappa shape index (κ3) is 10.5. The van der Waals surface area contributed by atoms with Crippen LogP contribution in [0.15, 0.2) is 361 Å². The van der Waals surface area contributed by atoms with Crippen LogP contribution in [-0.4, -0.2) is 39.0 Å². The number of hydrogen-bond acceptors (Lipinski definition) is 9. The Morgan fingerprint density at radius 1 is 0.222 bits per heavy atom. The number of nitrogens with zero attached hydrogens (tertiary/aromatic N) is 8. The van der Waals surface area contributed by atoms with Crippen LogP contribution in [0.3, 0.4) is 0 Å². The molecule has 0 aliphatic heterocycles. The molecule has 0 bridgehead atoms. The molecule has 0 amide bonds. The van der Waals surface area contributed by atoms with E-state index < -0.39 is 0 Å². The van der Waals surface area contributed by atoms with Crippen LogP contribution in [-0.2, 0) is 0 Å². The van der Waals surface area contributed by atoms with E-state index in [4.69, 9.17) is 38.7 Å². The minimum atomic E-state index is 0. The minimum Gasteiger partial charge on any atom is -0.456 e. The molecule has 0 aliphatic rings. The van der Waals surface area contributed by atoms with Gasteiger partial charge in [-0.1, -0.05) is 274 Å². The summed E-state index contributed by atoms with van der Waals surface area (Å²) >= 11 is 1.80. The van der Waals surface area contributed by atoms with Crippen LogP contribution in [0.2, 0.25) is 0 Å². The van der Waals surface area contributed by atoms with Gasteiger partial charge in [0.1, 0.15) is 22.3 Å². The van der Waals surface area contributed by atoms with E-state index in [-0.39, 0.29) is 7.43 Å². The maximum atomic E-state index is 6.86. The summed E-state index contributed by atoms with van der Waals surface area (Å²) in [6.07, 6.45) is 0. The van der Waals surface area contributed by atoms with Crippen molar-refractivity contribution in [3.8, 4) is 102 Å². The van der Waals surface area contributed by atoms with Crippen LogP contribution in [0.1, 0.15) is 7.43 Å². The average Bonchev–Trinajstić information content (AvgIpc) is 1.57. The van der Waals surface area contributed by atoms with Gasteiger partial charge in [-0.3, -0.25) is 0 Å². The second-order valence-corrected chi connectivity index (χ2v) is 27.7. The predicted molar refractivity (Wildman–Crippen MR) is 446 cm³/mol. The van der Waals surface area contributed by atoms with Crippen molar-refractivity contribution in [3.05, 3.63) is 352 Å². The smallest absolute Gasteiger partial charge is 0.167 e. The summed E-state index contributed by atoms with van der Waals surface area (Å²) < 4.78 is 20.3. The first-order chi connectivity index (χ1) is 53.1. The summed E-state index contributed by atoms with van der Waals surface area (Å²) in [6.45, 7) is 0. The normalized spacial score (nSPS) is 11.6. The molecule has 0 spiro atoms. The Morgan fingerprint density at radius 3 is 1.14 bits per heavy atom. The van der Waals surface area contributed by atoms with E-state index in [1.165, 1.54) is 59.2 Å².